The number of aryl methyl sites for hydroxylation is 1. The molecule has 2 unspecified atom stereocenters. The summed E-state index contributed by atoms with van der Waals surface area (Å²) < 4.78 is 4.10. The first kappa shape index (κ1) is 44.7. The van der Waals surface area contributed by atoms with E-state index in [0.29, 0.717) is 32.2 Å². The van der Waals surface area contributed by atoms with Crippen molar-refractivity contribution in [3.05, 3.63) is 115 Å². The summed E-state index contributed by atoms with van der Waals surface area (Å²) in [5.74, 6) is 1.64. The Balaban J connectivity index is 0.000000187. The minimum atomic E-state index is 0.0697. The van der Waals surface area contributed by atoms with Gasteiger partial charge in [-0.15, -0.1) is 0 Å². The van der Waals surface area contributed by atoms with E-state index in [9.17, 15) is 9.59 Å². The molecule has 1 saturated carbocycles. The number of hydrogen-bond acceptors (Lipinski definition) is 5. The number of piperidine rings is 1. The van der Waals surface area contributed by atoms with E-state index in [1.54, 1.807) is 0 Å². The summed E-state index contributed by atoms with van der Waals surface area (Å²) in [6.45, 7) is 13.0. The van der Waals surface area contributed by atoms with Crippen LogP contribution in [0, 0.1) is 18.8 Å². The number of fused-ring (bicyclic) bond motifs is 2. The fourth-order valence-corrected chi connectivity index (χ4v) is 9.53. The number of benzene rings is 4. The lowest BCUT2D eigenvalue weighted by molar-refractivity contribution is -0.122. The number of anilines is 1. The Morgan fingerprint density at radius 1 is 0.629 bits per heavy atom. The highest BCUT2D eigenvalue weighted by Crippen LogP contribution is 2.28. The molecule has 328 valence electrons. The monoisotopic (exact) mass is 836 g/mol. The maximum absolute atomic E-state index is 12.6. The van der Waals surface area contributed by atoms with Crippen molar-refractivity contribution >= 4 is 39.3 Å². The van der Waals surface area contributed by atoms with Gasteiger partial charge in [-0.05, 0) is 114 Å². The molecule has 1 saturated heterocycles. The van der Waals surface area contributed by atoms with Crippen LogP contribution < -0.4 is 15.5 Å². The van der Waals surface area contributed by atoms with Gasteiger partial charge in [0.1, 0.15) is 13.1 Å². The number of nitrogens with zero attached hydrogens (tertiary/aromatic N) is 5. The van der Waals surface area contributed by atoms with Crippen LogP contribution in [0.15, 0.2) is 109 Å². The molecule has 2 N–H and O–H groups in total. The third-order valence-electron chi connectivity index (χ3n) is 13.0. The van der Waals surface area contributed by atoms with Crippen LogP contribution in [0.1, 0.15) is 57.9 Å². The largest absolute Gasteiger partial charge is 0.378 e. The molecule has 9 nitrogen and oxygen atoms in total. The van der Waals surface area contributed by atoms with Crippen LogP contribution in [0.2, 0.25) is 0 Å². The SMILES string of the molecule is CN(C)c1ccc(-c2ccc3ccn(CC(=O)NCCN(C)C4CCCCC4)c3c2)cc1.Cc1ccc(-c2ccc3ccn(CC(=O)NCCN4CC(C)CC(C)C4)c3c2)cc1. The Kier molecular flexibility index (Phi) is 15.2. The Hall–Kier alpha value is -5.38. The molecule has 6 aromatic rings. The van der Waals surface area contributed by atoms with Gasteiger partial charge in [0.25, 0.3) is 0 Å². The van der Waals surface area contributed by atoms with E-state index >= 15 is 0 Å². The van der Waals surface area contributed by atoms with Crippen molar-refractivity contribution in [1.82, 2.24) is 29.6 Å². The first-order valence-electron chi connectivity index (χ1n) is 23.0. The second-order valence-corrected chi connectivity index (χ2v) is 18.4. The van der Waals surface area contributed by atoms with Gasteiger partial charge in [0.05, 0.1) is 0 Å². The third kappa shape index (κ3) is 12.0. The second kappa shape index (κ2) is 21.1. The van der Waals surface area contributed by atoms with Crippen molar-refractivity contribution < 1.29 is 9.59 Å². The lowest BCUT2D eigenvalue weighted by atomic mass is 9.92. The summed E-state index contributed by atoms with van der Waals surface area (Å²) in [4.78, 5) is 32.2. The smallest absolute Gasteiger partial charge is 0.239 e. The van der Waals surface area contributed by atoms with Gasteiger partial charge >= 0.3 is 0 Å². The topological polar surface area (TPSA) is 77.8 Å². The maximum atomic E-state index is 12.6. The molecule has 62 heavy (non-hydrogen) atoms. The van der Waals surface area contributed by atoms with Crippen LogP contribution in [0.3, 0.4) is 0 Å². The van der Waals surface area contributed by atoms with E-state index in [1.165, 1.54) is 66.5 Å². The highest BCUT2D eigenvalue weighted by Gasteiger charge is 2.22. The summed E-state index contributed by atoms with van der Waals surface area (Å²) in [6.07, 6.45) is 12.0. The molecule has 8 rings (SSSR count). The summed E-state index contributed by atoms with van der Waals surface area (Å²) in [5.41, 5.74) is 9.35. The summed E-state index contributed by atoms with van der Waals surface area (Å²) >= 11 is 0. The molecule has 2 aliphatic rings. The van der Waals surface area contributed by atoms with Crippen molar-refractivity contribution in [2.75, 3.05) is 65.3 Å². The molecule has 2 fully saturated rings. The summed E-state index contributed by atoms with van der Waals surface area (Å²) in [7, 11) is 6.29. The van der Waals surface area contributed by atoms with Crippen LogP contribution in [0.4, 0.5) is 5.69 Å². The zero-order valence-corrected chi connectivity index (χ0v) is 38.1. The lowest BCUT2D eigenvalue weighted by Crippen LogP contribution is -2.43. The van der Waals surface area contributed by atoms with Crippen LogP contribution in [0.25, 0.3) is 44.1 Å². The molecule has 0 radical (unpaired) electrons. The molecule has 4 aromatic carbocycles. The predicted molar refractivity (Wildman–Crippen MR) is 259 cm³/mol. The summed E-state index contributed by atoms with van der Waals surface area (Å²) in [6, 6.07) is 34.9. The van der Waals surface area contributed by atoms with Crippen LogP contribution >= 0.6 is 0 Å². The molecule has 9 heteroatoms. The summed E-state index contributed by atoms with van der Waals surface area (Å²) in [5, 5.41) is 8.54. The van der Waals surface area contributed by atoms with Crippen molar-refractivity contribution in [1.29, 1.82) is 0 Å². The van der Waals surface area contributed by atoms with Gasteiger partial charge in [-0.1, -0.05) is 99.3 Å². The van der Waals surface area contributed by atoms with E-state index in [2.05, 4.69) is 150 Å². The number of amides is 2. The molecule has 2 aromatic heterocycles. The van der Waals surface area contributed by atoms with Gasteiger partial charge in [-0.3, -0.25) is 9.59 Å². The maximum Gasteiger partial charge on any atom is 0.239 e. The number of aromatic nitrogens is 2. The van der Waals surface area contributed by atoms with Crippen LogP contribution in [-0.4, -0.2) is 97.2 Å². The first-order chi connectivity index (χ1) is 30.0. The van der Waals surface area contributed by atoms with Gasteiger partial charge < -0.3 is 34.5 Å². The normalized spacial score (nSPS) is 17.2. The van der Waals surface area contributed by atoms with E-state index in [0.717, 1.165) is 65.4 Å². The van der Waals surface area contributed by atoms with Gasteiger partial charge in [0.15, 0.2) is 0 Å². The van der Waals surface area contributed by atoms with Crippen molar-refractivity contribution in [3.8, 4) is 22.3 Å². The number of likely N-dealkylation sites (tertiary alicyclic amines) is 1. The van der Waals surface area contributed by atoms with Gasteiger partial charge in [-0.2, -0.15) is 0 Å². The average Bonchev–Trinajstić information content (AvgIpc) is 3.86. The number of hydrogen-bond donors (Lipinski definition) is 2. The quantitative estimate of drug-likeness (QED) is 0.114. The van der Waals surface area contributed by atoms with Gasteiger partial charge in [-0.25, -0.2) is 0 Å². The van der Waals surface area contributed by atoms with Crippen molar-refractivity contribution in [2.24, 2.45) is 11.8 Å². The molecule has 1 aliphatic heterocycles. The van der Waals surface area contributed by atoms with E-state index in [1.807, 2.05) is 35.6 Å². The van der Waals surface area contributed by atoms with Crippen molar-refractivity contribution in [2.45, 2.75) is 78.4 Å². The van der Waals surface area contributed by atoms with Crippen LogP contribution in [0.5, 0.6) is 0 Å². The lowest BCUT2D eigenvalue weighted by Gasteiger charge is -2.34. The molecule has 1 aliphatic carbocycles. The highest BCUT2D eigenvalue weighted by atomic mass is 16.2. The first-order valence-corrected chi connectivity index (χ1v) is 23.0. The fraction of sp³-hybridized carbons (Fsp3) is 0.434. The van der Waals surface area contributed by atoms with E-state index in [4.69, 9.17) is 0 Å². The number of rotatable bonds is 14. The Labute approximate surface area is 370 Å². The number of nitrogens with one attached hydrogen (secondary N) is 2. The Morgan fingerprint density at radius 3 is 1.66 bits per heavy atom. The van der Waals surface area contributed by atoms with Crippen LogP contribution in [-0.2, 0) is 22.7 Å². The predicted octanol–water partition coefficient (Wildman–Crippen LogP) is 9.47. The third-order valence-corrected chi connectivity index (χ3v) is 13.0. The minimum Gasteiger partial charge on any atom is -0.378 e. The Bertz CT molecular complexity index is 2360. The Morgan fingerprint density at radius 2 is 1.13 bits per heavy atom. The zero-order valence-electron chi connectivity index (χ0n) is 38.1. The number of likely N-dealkylation sites (N-methyl/N-ethyl adjacent to an activating group) is 1. The highest BCUT2D eigenvalue weighted by molar-refractivity contribution is 5.88. The minimum absolute atomic E-state index is 0.0697. The molecule has 3 heterocycles. The van der Waals surface area contributed by atoms with E-state index < -0.39 is 0 Å². The molecule has 2 atom stereocenters. The number of carbonyl (C=O) groups excluding carboxylic acids is 2. The second-order valence-electron chi connectivity index (χ2n) is 18.4. The molecule has 2 amide bonds. The zero-order chi connectivity index (χ0) is 43.6. The van der Waals surface area contributed by atoms with E-state index in [-0.39, 0.29) is 11.8 Å². The fourth-order valence-electron chi connectivity index (χ4n) is 9.53. The standard InChI is InChI=1S/C27H36N4O.C26H33N3O/c1-29(2)24-13-11-21(12-14-24)23-10-9-22-15-17-31(26(22)19-23)20-27(32)28-16-18-30(3)25-7-5-4-6-8-25;1-19-4-6-22(7-5-19)24-9-8-23-10-12-29(25(23)15-24)18-26(30)27-11-13-28-16-20(2)14-21(3)17-28/h9-15,17,19,25H,4-8,16,18,20H2,1-3H3,(H,28,32);4-10,12,15,20-21H,11,13-14,16-18H2,1-3H3,(H,27,30). The molecule has 0 bridgehead atoms. The van der Waals surface area contributed by atoms with Gasteiger partial charge in [0.2, 0.25) is 11.8 Å². The van der Waals surface area contributed by atoms with Crippen molar-refractivity contribution in [3.63, 3.8) is 0 Å². The van der Waals surface area contributed by atoms with Gasteiger partial charge in [0, 0.05) is 88.5 Å². The average molecular weight is 836 g/mol. The molecular weight excluding hydrogens is 767 g/mol. The molecular formula is C53H69N7O2. The molecule has 0 spiro atoms. The number of carbonyl (C=O) groups is 2.